The Labute approximate surface area is 170 Å². The third-order valence-electron chi connectivity index (χ3n) is 4.71. The maximum atomic E-state index is 12.5. The zero-order valence-electron chi connectivity index (χ0n) is 15.7. The normalized spacial score (nSPS) is 16.4. The zero-order valence-corrected chi connectivity index (χ0v) is 17.3. The second-order valence-electron chi connectivity index (χ2n) is 6.76. The number of carbonyl (C=O) groups excluding carboxylic acids is 1. The molecule has 6 nitrogen and oxygen atoms in total. The minimum atomic E-state index is -3.43. The number of nitrogens with one attached hydrogen (secondary N) is 2. The van der Waals surface area contributed by atoms with Crippen molar-refractivity contribution in [1.82, 2.24) is 9.62 Å². The number of benzene rings is 1. The lowest BCUT2D eigenvalue weighted by molar-refractivity contribution is -0.895. The van der Waals surface area contributed by atoms with E-state index in [1.54, 1.807) is 17.4 Å². The molecule has 28 heavy (non-hydrogen) atoms. The highest BCUT2D eigenvalue weighted by molar-refractivity contribution is 7.92. The average molecular weight is 421 g/mol. The van der Waals surface area contributed by atoms with Gasteiger partial charge in [-0.1, -0.05) is 36.4 Å². The Bertz CT molecular complexity index is 873. The lowest BCUT2D eigenvalue weighted by atomic mass is 10.2. The molecule has 1 aliphatic rings. The molecule has 1 amide bonds. The van der Waals surface area contributed by atoms with Crippen LogP contribution >= 0.6 is 11.3 Å². The molecule has 2 aromatic rings. The van der Waals surface area contributed by atoms with Gasteiger partial charge in [-0.05, 0) is 29.5 Å². The van der Waals surface area contributed by atoms with Crippen molar-refractivity contribution in [3.8, 4) is 0 Å². The van der Waals surface area contributed by atoms with E-state index in [1.165, 1.54) is 14.6 Å². The summed E-state index contributed by atoms with van der Waals surface area (Å²) in [5.74, 6) is 0.0202. The Kier molecular flexibility index (Phi) is 7.38. The van der Waals surface area contributed by atoms with E-state index in [2.05, 4.69) is 11.4 Å². The van der Waals surface area contributed by atoms with Gasteiger partial charge in [0, 0.05) is 16.8 Å². The summed E-state index contributed by atoms with van der Waals surface area (Å²) in [4.78, 5) is 14.5. The van der Waals surface area contributed by atoms with E-state index in [9.17, 15) is 13.2 Å². The van der Waals surface area contributed by atoms with Gasteiger partial charge in [-0.3, -0.25) is 4.79 Å². The Morgan fingerprint density at radius 2 is 1.89 bits per heavy atom. The second-order valence-corrected chi connectivity index (χ2v) is 9.61. The molecule has 150 valence electrons. The van der Waals surface area contributed by atoms with E-state index >= 15 is 0 Å². The highest BCUT2D eigenvalue weighted by Crippen LogP contribution is 2.09. The van der Waals surface area contributed by atoms with E-state index in [4.69, 9.17) is 0 Å². The zero-order chi connectivity index (χ0) is 19.8. The molecule has 1 aliphatic heterocycles. The van der Waals surface area contributed by atoms with Crippen LogP contribution in [-0.2, 0) is 21.2 Å². The smallest absolute Gasteiger partial charge is 0.275 e. The fourth-order valence-electron chi connectivity index (χ4n) is 3.12. The molecule has 0 bridgehead atoms. The molecule has 0 saturated carbocycles. The number of quaternary nitrogens is 1. The fourth-order valence-corrected chi connectivity index (χ4v) is 5.02. The molecule has 8 heteroatoms. The molecule has 0 atom stereocenters. The number of nitrogens with zero attached hydrogens (tertiary/aromatic N) is 1. The van der Waals surface area contributed by atoms with E-state index < -0.39 is 10.0 Å². The Morgan fingerprint density at radius 1 is 1.14 bits per heavy atom. The molecule has 1 fully saturated rings. The number of piperazine rings is 1. The van der Waals surface area contributed by atoms with E-state index in [0.29, 0.717) is 39.3 Å². The fraction of sp³-hybridized carbons (Fsp3) is 0.350. The van der Waals surface area contributed by atoms with Gasteiger partial charge in [0.15, 0.2) is 6.54 Å². The first kappa shape index (κ1) is 20.7. The predicted molar refractivity (Wildman–Crippen MR) is 113 cm³/mol. The van der Waals surface area contributed by atoms with Crippen molar-refractivity contribution < 1.29 is 18.1 Å². The molecule has 1 aromatic heterocycles. The van der Waals surface area contributed by atoms with Crippen molar-refractivity contribution in [2.75, 3.05) is 39.3 Å². The van der Waals surface area contributed by atoms with Crippen LogP contribution in [0.5, 0.6) is 0 Å². The van der Waals surface area contributed by atoms with Crippen molar-refractivity contribution >= 4 is 33.3 Å². The summed E-state index contributed by atoms with van der Waals surface area (Å²) in [6.45, 7) is 3.15. The Balaban J connectivity index is 1.41. The summed E-state index contributed by atoms with van der Waals surface area (Å²) in [5, 5.41) is 6.25. The van der Waals surface area contributed by atoms with Crippen LogP contribution in [0.15, 0.2) is 53.3 Å². The van der Waals surface area contributed by atoms with Crippen LogP contribution < -0.4 is 10.2 Å². The first-order chi connectivity index (χ1) is 13.5. The quantitative estimate of drug-likeness (QED) is 0.657. The second kappa shape index (κ2) is 9.97. The lowest BCUT2D eigenvalue weighted by Crippen LogP contribution is -3.15. The van der Waals surface area contributed by atoms with Gasteiger partial charge in [0.05, 0.1) is 26.2 Å². The summed E-state index contributed by atoms with van der Waals surface area (Å²) < 4.78 is 26.5. The summed E-state index contributed by atoms with van der Waals surface area (Å²) in [6.07, 6.45) is 2.47. The van der Waals surface area contributed by atoms with Gasteiger partial charge in [-0.2, -0.15) is 4.31 Å². The average Bonchev–Trinajstić information content (AvgIpc) is 3.21. The summed E-state index contributed by atoms with van der Waals surface area (Å²) in [6, 6.07) is 13.4. The van der Waals surface area contributed by atoms with Crippen LogP contribution in [0.2, 0.25) is 0 Å². The number of carbonyl (C=O) groups is 1. The monoisotopic (exact) mass is 420 g/mol. The van der Waals surface area contributed by atoms with Crippen LogP contribution in [0.25, 0.3) is 6.08 Å². The van der Waals surface area contributed by atoms with Gasteiger partial charge in [-0.25, -0.2) is 8.42 Å². The number of hydrogen-bond acceptors (Lipinski definition) is 4. The summed E-state index contributed by atoms with van der Waals surface area (Å²) in [5.41, 5.74) is 0.856. The van der Waals surface area contributed by atoms with Gasteiger partial charge in [-0.15, -0.1) is 11.3 Å². The Morgan fingerprint density at radius 3 is 2.57 bits per heavy atom. The number of sulfonamides is 1. The minimum Gasteiger partial charge on any atom is -0.351 e. The first-order valence-electron chi connectivity index (χ1n) is 9.39. The molecule has 0 unspecified atom stereocenters. The van der Waals surface area contributed by atoms with Crippen molar-refractivity contribution in [1.29, 1.82) is 0 Å². The highest BCUT2D eigenvalue weighted by Gasteiger charge is 2.28. The predicted octanol–water partition coefficient (Wildman–Crippen LogP) is 0.608. The molecular formula is C20H26N3O3S2+. The number of thiophene rings is 1. The van der Waals surface area contributed by atoms with Crippen LogP contribution in [-0.4, -0.2) is 57.9 Å². The van der Waals surface area contributed by atoms with Crippen LogP contribution in [0.1, 0.15) is 10.4 Å². The topological polar surface area (TPSA) is 70.9 Å². The van der Waals surface area contributed by atoms with Crippen LogP contribution in [0.4, 0.5) is 0 Å². The van der Waals surface area contributed by atoms with Crippen LogP contribution in [0.3, 0.4) is 0 Å². The summed E-state index contributed by atoms with van der Waals surface area (Å²) in [7, 11) is -3.43. The molecule has 2 heterocycles. The van der Waals surface area contributed by atoms with Gasteiger partial charge in [0.2, 0.25) is 10.0 Å². The molecular weight excluding hydrogens is 394 g/mol. The number of hydrogen-bond donors (Lipinski definition) is 2. The van der Waals surface area contributed by atoms with Gasteiger partial charge < -0.3 is 10.2 Å². The van der Waals surface area contributed by atoms with Gasteiger partial charge in [0.1, 0.15) is 0 Å². The van der Waals surface area contributed by atoms with Crippen molar-refractivity contribution in [3.63, 3.8) is 0 Å². The van der Waals surface area contributed by atoms with Gasteiger partial charge >= 0.3 is 0 Å². The largest absolute Gasteiger partial charge is 0.351 e. The van der Waals surface area contributed by atoms with Crippen molar-refractivity contribution in [3.05, 3.63) is 63.7 Å². The third kappa shape index (κ3) is 6.27. The number of amides is 1. The summed E-state index contributed by atoms with van der Waals surface area (Å²) >= 11 is 1.69. The maximum absolute atomic E-state index is 12.5. The van der Waals surface area contributed by atoms with Crippen molar-refractivity contribution in [2.24, 2.45) is 0 Å². The molecule has 1 saturated heterocycles. The third-order valence-corrected chi connectivity index (χ3v) is 7.21. The van der Waals surface area contributed by atoms with E-state index in [-0.39, 0.29) is 5.91 Å². The maximum Gasteiger partial charge on any atom is 0.275 e. The number of rotatable bonds is 8. The van der Waals surface area contributed by atoms with E-state index in [1.807, 2.05) is 41.8 Å². The highest BCUT2D eigenvalue weighted by atomic mass is 32.2. The molecule has 0 aliphatic carbocycles. The first-order valence-corrected chi connectivity index (χ1v) is 11.8. The molecule has 3 rings (SSSR count). The van der Waals surface area contributed by atoms with Crippen LogP contribution in [0, 0.1) is 0 Å². The molecule has 0 spiro atoms. The standard InChI is InChI=1S/C20H25N3O3S2/c24-20(21-10-8-19-7-4-15-27-19)17-22-11-13-23(14-12-22)28(25,26)16-9-18-5-2-1-3-6-18/h1-7,9,15-16H,8,10-14,17H2,(H,21,24)/p+1/b16-9+. The Hall–Kier alpha value is -2.00. The molecule has 0 radical (unpaired) electrons. The molecule has 2 N–H and O–H groups in total. The van der Waals surface area contributed by atoms with Crippen molar-refractivity contribution in [2.45, 2.75) is 6.42 Å². The SMILES string of the molecule is O=C(C[NH+]1CCN(S(=O)(=O)/C=C/c2ccccc2)CC1)NCCc1cccs1. The van der Waals surface area contributed by atoms with E-state index in [0.717, 1.165) is 16.9 Å². The lowest BCUT2D eigenvalue weighted by Gasteiger charge is -2.30. The van der Waals surface area contributed by atoms with Gasteiger partial charge in [0.25, 0.3) is 5.91 Å². The minimum absolute atomic E-state index is 0.0202. The molecule has 1 aromatic carbocycles.